The third-order valence-corrected chi connectivity index (χ3v) is 3.17. The molecule has 1 aliphatic heterocycles. The summed E-state index contributed by atoms with van der Waals surface area (Å²) < 4.78 is 9.52. The number of carbonyl (C=O) groups excluding carboxylic acids is 1. The molecule has 0 aromatic carbocycles. The van der Waals surface area contributed by atoms with Gasteiger partial charge in [0.1, 0.15) is 0 Å². The zero-order chi connectivity index (χ0) is 12.6. The Morgan fingerprint density at radius 1 is 1.47 bits per heavy atom. The minimum Gasteiger partial charge on any atom is -0.472 e. The average Bonchev–Trinajstić information content (AvgIpc) is 2.67. The van der Waals surface area contributed by atoms with Gasteiger partial charge in [0.25, 0.3) is 0 Å². The van der Waals surface area contributed by atoms with Crippen molar-refractivity contribution in [2.75, 3.05) is 13.7 Å². The minimum atomic E-state index is -1.18. The van der Waals surface area contributed by atoms with Crippen molar-refractivity contribution in [2.45, 2.75) is 12.4 Å². The zero-order valence-corrected chi connectivity index (χ0v) is 9.24. The topological polar surface area (TPSA) is 96.2 Å². The highest BCUT2D eigenvalue weighted by Gasteiger charge is 2.47. The second kappa shape index (κ2) is 4.48. The fourth-order valence-electron chi connectivity index (χ4n) is 2.38. The Labute approximate surface area is 97.8 Å². The first-order chi connectivity index (χ1) is 8.10. The van der Waals surface area contributed by atoms with Crippen LogP contribution in [0.2, 0.25) is 0 Å². The Kier molecular flexibility index (Phi) is 3.19. The molecule has 6 nitrogen and oxygen atoms in total. The third-order valence-electron chi connectivity index (χ3n) is 3.17. The lowest BCUT2D eigenvalue weighted by atomic mass is 9.82. The Morgan fingerprint density at radius 2 is 2.18 bits per heavy atom. The molecule has 0 aromatic heterocycles. The van der Waals surface area contributed by atoms with Crippen LogP contribution in [-0.4, -0.2) is 47.4 Å². The predicted molar refractivity (Wildman–Crippen MR) is 55.3 cm³/mol. The number of hydrogen-bond acceptors (Lipinski definition) is 6. The van der Waals surface area contributed by atoms with Crippen LogP contribution in [0.15, 0.2) is 23.5 Å². The molecule has 17 heavy (non-hydrogen) atoms. The van der Waals surface area contributed by atoms with Crippen LogP contribution in [0.4, 0.5) is 0 Å². The number of hydrogen-bond donors (Lipinski definition) is 3. The van der Waals surface area contributed by atoms with Crippen molar-refractivity contribution in [1.82, 2.24) is 0 Å². The summed E-state index contributed by atoms with van der Waals surface area (Å²) >= 11 is 0. The lowest BCUT2D eigenvalue weighted by molar-refractivity contribution is -0.143. The molecule has 0 aromatic rings. The summed E-state index contributed by atoms with van der Waals surface area (Å²) in [6, 6.07) is 0. The standard InChI is InChI=1S/C11H14O6/c1-16-10(14)6-4-17-11(15)8-5(3-12)2-7(13)9(6)8/h2,4,7-9,11-13,15H,3H2,1H3/t7-,8-,9+,11-/m1/s1. The van der Waals surface area contributed by atoms with E-state index in [1.807, 2.05) is 0 Å². The predicted octanol–water partition coefficient (Wildman–Crippen LogP) is -1.08. The number of fused-ring (bicyclic) bond motifs is 1. The Balaban J connectivity index is 2.34. The van der Waals surface area contributed by atoms with Gasteiger partial charge in [-0.2, -0.15) is 0 Å². The maximum Gasteiger partial charge on any atom is 0.337 e. The third kappa shape index (κ3) is 1.84. The number of methoxy groups -OCH3 is 1. The van der Waals surface area contributed by atoms with Crippen LogP contribution in [0.3, 0.4) is 0 Å². The van der Waals surface area contributed by atoms with Gasteiger partial charge in [0.2, 0.25) is 6.29 Å². The molecule has 0 saturated carbocycles. The molecule has 1 heterocycles. The molecular formula is C11H14O6. The molecule has 0 fully saturated rings. The highest BCUT2D eigenvalue weighted by Crippen LogP contribution is 2.42. The second-order valence-corrected chi connectivity index (χ2v) is 4.03. The van der Waals surface area contributed by atoms with Crippen molar-refractivity contribution in [3.05, 3.63) is 23.5 Å². The minimum absolute atomic E-state index is 0.162. The number of carbonyl (C=O) groups is 1. The van der Waals surface area contributed by atoms with E-state index < -0.39 is 30.2 Å². The van der Waals surface area contributed by atoms with Gasteiger partial charge in [-0.05, 0) is 5.57 Å². The van der Waals surface area contributed by atoms with Crippen molar-refractivity contribution in [3.63, 3.8) is 0 Å². The fraction of sp³-hybridized carbons (Fsp3) is 0.545. The number of aliphatic hydroxyl groups excluding tert-OH is 3. The molecule has 2 aliphatic rings. The van der Waals surface area contributed by atoms with Crippen molar-refractivity contribution >= 4 is 5.97 Å². The summed E-state index contributed by atoms with van der Waals surface area (Å²) in [4.78, 5) is 11.5. The lowest BCUT2D eigenvalue weighted by Gasteiger charge is -2.32. The van der Waals surface area contributed by atoms with E-state index in [4.69, 9.17) is 9.84 Å². The van der Waals surface area contributed by atoms with Crippen LogP contribution >= 0.6 is 0 Å². The summed E-state index contributed by atoms with van der Waals surface area (Å²) in [5, 5.41) is 28.7. The van der Waals surface area contributed by atoms with E-state index in [9.17, 15) is 15.0 Å². The highest BCUT2D eigenvalue weighted by atomic mass is 16.6. The van der Waals surface area contributed by atoms with Crippen LogP contribution in [0.25, 0.3) is 0 Å². The molecule has 94 valence electrons. The van der Waals surface area contributed by atoms with Crippen LogP contribution in [0, 0.1) is 11.8 Å². The fourth-order valence-corrected chi connectivity index (χ4v) is 2.38. The zero-order valence-electron chi connectivity index (χ0n) is 9.24. The van der Waals surface area contributed by atoms with Crippen LogP contribution in [0.1, 0.15) is 0 Å². The van der Waals surface area contributed by atoms with E-state index in [2.05, 4.69) is 4.74 Å². The summed E-state index contributed by atoms with van der Waals surface area (Å²) in [6.07, 6.45) is 0.425. The normalized spacial score (nSPS) is 35.5. The summed E-state index contributed by atoms with van der Waals surface area (Å²) in [6.45, 7) is -0.299. The van der Waals surface area contributed by atoms with Crippen molar-refractivity contribution in [2.24, 2.45) is 11.8 Å². The molecule has 0 saturated heterocycles. The monoisotopic (exact) mass is 242 g/mol. The molecule has 4 atom stereocenters. The van der Waals surface area contributed by atoms with Gasteiger partial charge in [-0.3, -0.25) is 0 Å². The molecule has 0 amide bonds. The van der Waals surface area contributed by atoms with Gasteiger partial charge in [-0.1, -0.05) is 6.08 Å². The summed E-state index contributed by atoms with van der Waals surface area (Å²) in [5.41, 5.74) is 0.625. The van der Waals surface area contributed by atoms with E-state index in [0.29, 0.717) is 5.57 Å². The van der Waals surface area contributed by atoms with E-state index in [1.54, 1.807) is 0 Å². The first-order valence-corrected chi connectivity index (χ1v) is 5.21. The SMILES string of the molecule is COC(=O)C1=CO[C@@H](O)[C@@H]2C(CO)=C[C@@H](O)[C@H]12. The first-order valence-electron chi connectivity index (χ1n) is 5.21. The largest absolute Gasteiger partial charge is 0.472 e. The summed E-state index contributed by atoms with van der Waals surface area (Å²) in [7, 11) is 1.23. The van der Waals surface area contributed by atoms with Crippen molar-refractivity contribution in [1.29, 1.82) is 0 Å². The smallest absolute Gasteiger partial charge is 0.337 e. The Hall–Kier alpha value is -1.37. The molecule has 0 radical (unpaired) electrons. The van der Waals surface area contributed by atoms with Gasteiger partial charge in [0.15, 0.2) is 0 Å². The number of esters is 1. The van der Waals surface area contributed by atoms with E-state index >= 15 is 0 Å². The van der Waals surface area contributed by atoms with E-state index in [1.165, 1.54) is 13.2 Å². The maximum absolute atomic E-state index is 11.5. The number of aliphatic hydroxyl groups is 3. The molecule has 6 heteroatoms. The lowest BCUT2D eigenvalue weighted by Crippen LogP contribution is -2.39. The van der Waals surface area contributed by atoms with Crippen LogP contribution < -0.4 is 0 Å². The van der Waals surface area contributed by atoms with Gasteiger partial charge < -0.3 is 24.8 Å². The molecule has 1 aliphatic carbocycles. The van der Waals surface area contributed by atoms with Crippen LogP contribution in [-0.2, 0) is 14.3 Å². The maximum atomic E-state index is 11.5. The Morgan fingerprint density at radius 3 is 2.76 bits per heavy atom. The Bertz CT molecular complexity index is 385. The molecule has 0 spiro atoms. The second-order valence-electron chi connectivity index (χ2n) is 4.03. The molecule has 0 bridgehead atoms. The van der Waals surface area contributed by atoms with Gasteiger partial charge in [-0.25, -0.2) is 4.79 Å². The molecular weight excluding hydrogens is 228 g/mol. The van der Waals surface area contributed by atoms with Gasteiger partial charge >= 0.3 is 5.97 Å². The van der Waals surface area contributed by atoms with E-state index in [0.717, 1.165) is 6.26 Å². The van der Waals surface area contributed by atoms with Gasteiger partial charge in [0.05, 0.1) is 37.6 Å². The number of ether oxygens (including phenoxy) is 2. The number of rotatable bonds is 2. The first kappa shape index (κ1) is 12.1. The average molecular weight is 242 g/mol. The van der Waals surface area contributed by atoms with Gasteiger partial charge in [-0.15, -0.1) is 0 Å². The van der Waals surface area contributed by atoms with Gasteiger partial charge in [0, 0.05) is 5.92 Å². The van der Waals surface area contributed by atoms with Crippen molar-refractivity contribution in [3.8, 4) is 0 Å². The van der Waals surface area contributed by atoms with E-state index in [-0.39, 0.29) is 12.2 Å². The highest BCUT2D eigenvalue weighted by molar-refractivity contribution is 5.89. The quantitative estimate of drug-likeness (QED) is 0.421. The van der Waals surface area contributed by atoms with Crippen molar-refractivity contribution < 1.29 is 29.6 Å². The van der Waals surface area contributed by atoms with Crippen LogP contribution in [0.5, 0.6) is 0 Å². The molecule has 3 N–H and O–H groups in total. The molecule has 0 unspecified atom stereocenters. The molecule has 2 rings (SSSR count). The summed E-state index contributed by atoms with van der Waals surface area (Å²) in [5.74, 6) is -1.86.